The Balaban J connectivity index is 2.62. The molecule has 0 heterocycles. The zero-order valence-electron chi connectivity index (χ0n) is 8.13. The molecule has 13 heavy (non-hydrogen) atoms. The summed E-state index contributed by atoms with van der Waals surface area (Å²) in [6.45, 7) is 5.16. The van der Waals surface area contributed by atoms with E-state index < -0.39 is 0 Å². The van der Waals surface area contributed by atoms with Crippen LogP contribution in [0.2, 0.25) is 0 Å². The Hall–Kier alpha value is -1.26. The molecule has 0 saturated heterocycles. The van der Waals surface area contributed by atoms with Crippen LogP contribution in [0, 0.1) is 26.2 Å². The van der Waals surface area contributed by atoms with E-state index >= 15 is 0 Å². The number of rotatable bonds is 3. The molecule has 0 unspecified atom stereocenters. The Bertz CT molecular complexity index is 320. The van der Waals surface area contributed by atoms with Crippen LogP contribution in [0.1, 0.15) is 16.7 Å². The summed E-state index contributed by atoms with van der Waals surface area (Å²) in [5, 5.41) is 0. The van der Waals surface area contributed by atoms with Gasteiger partial charge in [-0.05, 0) is 25.0 Å². The summed E-state index contributed by atoms with van der Waals surface area (Å²) in [6, 6.07) is 6.32. The molecule has 68 valence electrons. The maximum absolute atomic E-state index is 5.25. The number of ether oxygens (including phenoxy) is 1. The second kappa shape index (κ2) is 4.69. The van der Waals surface area contributed by atoms with Gasteiger partial charge >= 0.3 is 0 Å². The van der Waals surface area contributed by atoms with E-state index in [0.717, 1.165) is 0 Å². The maximum atomic E-state index is 5.25. The fraction of sp³-hybridized carbons (Fsp3) is 0.333. The first kappa shape index (κ1) is 9.83. The zero-order valence-corrected chi connectivity index (χ0v) is 8.13. The lowest BCUT2D eigenvalue weighted by Crippen LogP contribution is -1.95. The molecule has 0 aliphatic rings. The van der Waals surface area contributed by atoms with E-state index in [0.29, 0.717) is 13.2 Å². The lowest BCUT2D eigenvalue weighted by atomic mass is 10.1. The number of benzene rings is 1. The molecular formula is C12H14O. The van der Waals surface area contributed by atoms with Gasteiger partial charge in [0, 0.05) is 0 Å². The minimum atomic E-state index is 0.382. The third-order valence-corrected chi connectivity index (χ3v) is 1.94. The van der Waals surface area contributed by atoms with Crippen molar-refractivity contribution in [3.05, 3.63) is 34.9 Å². The first-order valence-corrected chi connectivity index (χ1v) is 4.31. The summed E-state index contributed by atoms with van der Waals surface area (Å²) in [7, 11) is 0. The first-order valence-electron chi connectivity index (χ1n) is 4.31. The van der Waals surface area contributed by atoms with Gasteiger partial charge in [-0.25, -0.2) is 0 Å². The van der Waals surface area contributed by atoms with Crippen molar-refractivity contribution < 1.29 is 4.74 Å². The van der Waals surface area contributed by atoms with Gasteiger partial charge < -0.3 is 4.74 Å². The highest BCUT2D eigenvalue weighted by Crippen LogP contribution is 2.11. The number of aryl methyl sites for hydroxylation is 2. The van der Waals surface area contributed by atoms with Crippen molar-refractivity contribution in [3.8, 4) is 12.3 Å². The molecule has 1 heteroatoms. The lowest BCUT2D eigenvalue weighted by Gasteiger charge is -2.05. The predicted molar refractivity (Wildman–Crippen MR) is 54.4 cm³/mol. The SMILES string of the molecule is C#CCOCc1ccc(C)cc1C. The van der Waals surface area contributed by atoms with E-state index in [4.69, 9.17) is 11.2 Å². The second-order valence-electron chi connectivity index (χ2n) is 3.13. The quantitative estimate of drug-likeness (QED) is 0.505. The molecule has 1 aromatic rings. The number of hydrogen-bond donors (Lipinski definition) is 0. The molecule has 0 bridgehead atoms. The Morgan fingerprint density at radius 1 is 1.38 bits per heavy atom. The highest BCUT2D eigenvalue weighted by atomic mass is 16.5. The van der Waals surface area contributed by atoms with Crippen molar-refractivity contribution in [1.82, 2.24) is 0 Å². The Morgan fingerprint density at radius 3 is 2.77 bits per heavy atom. The van der Waals surface area contributed by atoms with Gasteiger partial charge in [-0.3, -0.25) is 0 Å². The second-order valence-corrected chi connectivity index (χ2v) is 3.13. The van der Waals surface area contributed by atoms with E-state index in [-0.39, 0.29) is 0 Å². The summed E-state index contributed by atoms with van der Waals surface area (Å²) in [5.41, 5.74) is 3.75. The van der Waals surface area contributed by atoms with Gasteiger partial charge in [-0.15, -0.1) is 6.42 Å². The van der Waals surface area contributed by atoms with Crippen LogP contribution < -0.4 is 0 Å². The van der Waals surface area contributed by atoms with Gasteiger partial charge in [0.25, 0.3) is 0 Å². The Kier molecular flexibility index (Phi) is 3.54. The molecule has 0 aromatic heterocycles. The van der Waals surface area contributed by atoms with Crippen LogP contribution in [0.3, 0.4) is 0 Å². The molecule has 0 atom stereocenters. The molecule has 1 aromatic carbocycles. The van der Waals surface area contributed by atoms with Gasteiger partial charge in [-0.1, -0.05) is 29.7 Å². The largest absolute Gasteiger partial charge is 0.364 e. The van der Waals surface area contributed by atoms with Crippen molar-refractivity contribution in [3.63, 3.8) is 0 Å². The molecule has 0 saturated carbocycles. The van der Waals surface area contributed by atoms with Gasteiger partial charge in [-0.2, -0.15) is 0 Å². The molecule has 0 radical (unpaired) electrons. The Morgan fingerprint density at radius 2 is 2.15 bits per heavy atom. The van der Waals surface area contributed by atoms with E-state index in [9.17, 15) is 0 Å². The van der Waals surface area contributed by atoms with E-state index in [1.165, 1.54) is 16.7 Å². The molecule has 0 aliphatic heterocycles. The van der Waals surface area contributed by atoms with Crippen LogP contribution in [0.4, 0.5) is 0 Å². The van der Waals surface area contributed by atoms with Crippen molar-refractivity contribution in [2.75, 3.05) is 6.61 Å². The van der Waals surface area contributed by atoms with Crippen LogP contribution in [0.5, 0.6) is 0 Å². The molecule has 1 nitrogen and oxygen atoms in total. The first-order chi connectivity index (χ1) is 6.24. The molecule has 0 fully saturated rings. The van der Waals surface area contributed by atoms with Crippen molar-refractivity contribution >= 4 is 0 Å². The third-order valence-electron chi connectivity index (χ3n) is 1.94. The highest BCUT2D eigenvalue weighted by Gasteiger charge is 1.97. The highest BCUT2D eigenvalue weighted by molar-refractivity contribution is 5.29. The lowest BCUT2D eigenvalue weighted by molar-refractivity contribution is 0.153. The molecular weight excluding hydrogens is 160 g/mol. The summed E-state index contributed by atoms with van der Waals surface area (Å²) in [4.78, 5) is 0. The van der Waals surface area contributed by atoms with E-state index in [1.807, 2.05) is 0 Å². The molecule has 0 spiro atoms. The van der Waals surface area contributed by atoms with Crippen LogP contribution >= 0.6 is 0 Å². The topological polar surface area (TPSA) is 9.23 Å². The van der Waals surface area contributed by atoms with Crippen molar-refractivity contribution in [2.24, 2.45) is 0 Å². The minimum absolute atomic E-state index is 0.382. The monoisotopic (exact) mass is 174 g/mol. The van der Waals surface area contributed by atoms with Gasteiger partial charge in [0.05, 0.1) is 6.61 Å². The summed E-state index contributed by atoms with van der Waals surface area (Å²) < 4.78 is 5.25. The fourth-order valence-corrected chi connectivity index (χ4v) is 1.23. The summed E-state index contributed by atoms with van der Waals surface area (Å²) in [6.07, 6.45) is 5.08. The summed E-state index contributed by atoms with van der Waals surface area (Å²) >= 11 is 0. The van der Waals surface area contributed by atoms with Gasteiger partial charge in [0.2, 0.25) is 0 Å². The van der Waals surface area contributed by atoms with E-state index in [1.54, 1.807) is 0 Å². The summed E-state index contributed by atoms with van der Waals surface area (Å²) in [5.74, 6) is 2.45. The molecule has 0 amide bonds. The van der Waals surface area contributed by atoms with Gasteiger partial charge in [0.1, 0.15) is 6.61 Å². The fourth-order valence-electron chi connectivity index (χ4n) is 1.23. The molecule has 1 rings (SSSR count). The molecule has 0 aliphatic carbocycles. The van der Waals surface area contributed by atoms with Crippen LogP contribution in [0.15, 0.2) is 18.2 Å². The van der Waals surface area contributed by atoms with Crippen molar-refractivity contribution in [2.45, 2.75) is 20.5 Å². The van der Waals surface area contributed by atoms with Crippen molar-refractivity contribution in [1.29, 1.82) is 0 Å². The van der Waals surface area contributed by atoms with Crippen LogP contribution in [-0.2, 0) is 11.3 Å². The normalized spacial score (nSPS) is 9.62. The molecule has 0 N–H and O–H groups in total. The average molecular weight is 174 g/mol. The van der Waals surface area contributed by atoms with Gasteiger partial charge in [0.15, 0.2) is 0 Å². The maximum Gasteiger partial charge on any atom is 0.107 e. The predicted octanol–water partition coefficient (Wildman–Crippen LogP) is 2.45. The smallest absolute Gasteiger partial charge is 0.107 e. The average Bonchev–Trinajstić information content (AvgIpc) is 2.09. The van der Waals surface area contributed by atoms with Crippen LogP contribution in [-0.4, -0.2) is 6.61 Å². The Labute approximate surface area is 79.7 Å². The van der Waals surface area contributed by atoms with E-state index in [2.05, 4.69) is 38.0 Å². The zero-order chi connectivity index (χ0) is 9.68. The minimum Gasteiger partial charge on any atom is -0.364 e. The number of terminal acetylenes is 1. The standard InChI is InChI=1S/C12H14O/c1-4-7-13-9-12-6-5-10(2)8-11(12)3/h1,5-6,8H,7,9H2,2-3H3. The van der Waals surface area contributed by atoms with Crippen LogP contribution in [0.25, 0.3) is 0 Å². The number of hydrogen-bond acceptors (Lipinski definition) is 1. The third kappa shape index (κ3) is 2.93.